The van der Waals surface area contributed by atoms with E-state index in [-0.39, 0.29) is 17.3 Å². The summed E-state index contributed by atoms with van der Waals surface area (Å²) in [5.41, 5.74) is 2.56. The fraction of sp³-hybridized carbons (Fsp3) is 0.130. The summed E-state index contributed by atoms with van der Waals surface area (Å²) < 4.78 is 11.0. The first kappa shape index (κ1) is 19.3. The molecule has 1 aliphatic heterocycles. The van der Waals surface area contributed by atoms with Crippen molar-refractivity contribution in [2.75, 3.05) is 0 Å². The van der Waals surface area contributed by atoms with Gasteiger partial charge < -0.3 is 9.15 Å². The topological polar surface area (TPSA) is 94.9 Å². The fourth-order valence-electron chi connectivity index (χ4n) is 3.04. The summed E-state index contributed by atoms with van der Waals surface area (Å²) in [7, 11) is 0. The van der Waals surface area contributed by atoms with Crippen LogP contribution in [0.15, 0.2) is 75.8 Å². The van der Waals surface area contributed by atoms with Gasteiger partial charge in [0, 0.05) is 29.3 Å². The van der Waals surface area contributed by atoms with Crippen molar-refractivity contribution in [3.05, 3.63) is 93.4 Å². The van der Waals surface area contributed by atoms with Crippen LogP contribution >= 0.6 is 0 Å². The maximum absolute atomic E-state index is 12.2. The third kappa shape index (κ3) is 3.91. The van der Waals surface area contributed by atoms with Crippen LogP contribution in [0.25, 0.3) is 17.4 Å². The standard InChI is InChI=1S/C23H18N2O5/c1-14(2)15-6-8-16(9-7-15)22-24-20(23(26)30-22)13-19-10-11-21(29-19)17-4-3-5-18(12-17)25(27)28/h3-14H,1-2H3/b20-13-. The second-order valence-corrected chi connectivity index (χ2v) is 7.12. The number of nitro groups is 1. The molecule has 0 N–H and O–H groups in total. The van der Waals surface area contributed by atoms with Gasteiger partial charge in [-0.15, -0.1) is 0 Å². The van der Waals surface area contributed by atoms with Crippen molar-refractivity contribution < 1.29 is 18.9 Å². The number of hydrogen-bond acceptors (Lipinski definition) is 6. The Morgan fingerprint density at radius 3 is 2.50 bits per heavy atom. The van der Waals surface area contributed by atoms with Gasteiger partial charge in [0.25, 0.3) is 5.69 Å². The molecule has 0 saturated heterocycles. The number of furan rings is 1. The summed E-state index contributed by atoms with van der Waals surface area (Å²) in [5.74, 6) is 0.925. The molecule has 7 nitrogen and oxygen atoms in total. The van der Waals surface area contributed by atoms with Gasteiger partial charge in [-0.25, -0.2) is 9.79 Å². The number of hydrogen-bond donors (Lipinski definition) is 0. The Morgan fingerprint density at radius 1 is 1.03 bits per heavy atom. The van der Waals surface area contributed by atoms with Crippen LogP contribution < -0.4 is 0 Å². The van der Waals surface area contributed by atoms with Crippen molar-refractivity contribution in [1.29, 1.82) is 0 Å². The molecule has 1 aromatic heterocycles. The van der Waals surface area contributed by atoms with E-state index < -0.39 is 10.9 Å². The van der Waals surface area contributed by atoms with Crippen molar-refractivity contribution in [2.24, 2.45) is 4.99 Å². The zero-order valence-electron chi connectivity index (χ0n) is 16.4. The number of nitrogens with zero attached hydrogens (tertiary/aromatic N) is 2. The van der Waals surface area contributed by atoms with E-state index in [1.807, 2.05) is 24.3 Å². The zero-order chi connectivity index (χ0) is 21.3. The fourth-order valence-corrected chi connectivity index (χ4v) is 3.04. The number of benzene rings is 2. The van der Waals surface area contributed by atoms with E-state index in [0.29, 0.717) is 28.6 Å². The largest absolute Gasteiger partial charge is 0.457 e. The van der Waals surface area contributed by atoms with Gasteiger partial charge in [0.2, 0.25) is 5.90 Å². The third-order valence-electron chi connectivity index (χ3n) is 4.69. The van der Waals surface area contributed by atoms with Gasteiger partial charge >= 0.3 is 5.97 Å². The van der Waals surface area contributed by atoms with Crippen LogP contribution in [0.5, 0.6) is 0 Å². The highest BCUT2D eigenvalue weighted by Gasteiger charge is 2.24. The smallest absolute Gasteiger partial charge is 0.363 e. The van der Waals surface area contributed by atoms with Crippen molar-refractivity contribution in [3.8, 4) is 11.3 Å². The molecule has 2 heterocycles. The average Bonchev–Trinajstić information content (AvgIpc) is 3.35. The molecular weight excluding hydrogens is 384 g/mol. The quantitative estimate of drug-likeness (QED) is 0.249. The third-order valence-corrected chi connectivity index (χ3v) is 4.69. The molecule has 3 aromatic rings. The summed E-state index contributed by atoms with van der Waals surface area (Å²) >= 11 is 0. The van der Waals surface area contributed by atoms with E-state index in [1.165, 1.54) is 23.8 Å². The number of carbonyl (C=O) groups excluding carboxylic acids is 1. The number of rotatable bonds is 5. The van der Waals surface area contributed by atoms with E-state index >= 15 is 0 Å². The molecule has 0 amide bonds. The van der Waals surface area contributed by atoms with Crippen LogP contribution in [-0.2, 0) is 9.53 Å². The van der Waals surface area contributed by atoms with Crippen LogP contribution in [0.3, 0.4) is 0 Å². The number of aliphatic imine (C=N–C) groups is 1. The highest BCUT2D eigenvalue weighted by Crippen LogP contribution is 2.28. The summed E-state index contributed by atoms with van der Waals surface area (Å²) in [4.78, 5) is 27.0. The lowest BCUT2D eigenvalue weighted by Gasteiger charge is -2.05. The predicted molar refractivity (Wildman–Crippen MR) is 112 cm³/mol. The number of carbonyl (C=O) groups is 1. The van der Waals surface area contributed by atoms with Crippen molar-refractivity contribution in [1.82, 2.24) is 0 Å². The van der Waals surface area contributed by atoms with Crippen LogP contribution in [0, 0.1) is 10.1 Å². The van der Waals surface area contributed by atoms with Crippen molar-refractivity contribution >= 4 is 23.6 Å². The second kappa shape index (κ2) is 7.79. The first-order chi connectivity index (χ1) is 14.4. The molecule has 1 aliphatic rings. The van der Waals surface area contributed by atoms with E-state index in [9.17, 15) is 14.9 Å². The molecule has 7 heteroatoms. The minimum atomic E-state index is -0.564. The van der Waals surface area contributed by atoms with Gasteiger partial charge in [-0.3, -0.25) is 10.1 Å². The average molecular weight is 402 g/mol. The Morgan fingerprint density at radius 2 is 1.80 bits per heavy atom. The Hall–Kier alpha value is -4.00. The van der Waals surface area contributed by atoms with E-state index in [0.717, 1.165) is 0 Å². The molecule has 0 atom stereocenters. The van der Waals surface area contributed by atoms with Crippen LogP contribution in [-0.4, -0.2) is 16.8 Å². The normalized spacial score (nSPS) is 14.8. The minimum Gasteiger partial charge on any atom is -0.457 e. The predicted octanol–water partition coefficient (Wildman–Crippen LogP) is 5.32. The Balaban J connectivity index is 1.58. The number of ether oxygens (including phenoxy) is 1. The van der Waals surface area contributed by atoms with E-state index in [1.54, 1.807) is 24.3 Å². The first-order valence-corrected chi connectivity index (χ1v) is 9.38. The molecule has 150 valence electrons. The number of non-ortho nitro benzene ring substituents is 1. The number of nitro benzene ring substituents is 1. The Bertz CT molecular complexity index is 1190. The summed E-state index contributed by atoms with van der Waals surface area (Å²) in [6.45, 7) is 4.21. The molecule has 0 bridgehead atoms. The highest BCUT2D eigenvalue weighted by atomic mass is 16.6. The Kier molecular flexibility index (Phi) is 5.02. The van der Waals surface area contributed by atoms with Crippen LogP contribution in [0.1, 0.15) is 36.7 Å². The molecule has 0 unspecified atom stereocenters. The van der Waals surface area contributed by atoms with Crippen molar-refractivity contribution in [3.63, 3.8) is 0 Å². The lowest BCUT2D eigenvalue weighted by molar-refractivity contribution is -0.384. The summed E-state index contributed by atoms with van der Waals surface area (Å²) in [6.07, 6.45) is 1.48. The maximum Gasteiger partial charge on any atom is 0.363 e. The number of esters is 1. The van der Waals surface area contributed by atoms with Gasteiger partial charge in [0.1, 0.15) is 11.5 Å². The number of cyclic esters (lactones) is 1. The van der Waals surface area contributed by atoms with E-state index in [4.69, 9.17) is 9.15 Å². The molecule has 0 radical (unpaired) electrons. The maximum atomic E-state index is 12.2. The lowest BCUT2D eigenvalue weighted by atomic mass is 10.0. The monoisotopic (exact) mass is 402 g/mol. The lowest BCUT2D eigenvalue weighted by Crippen LogP contribution is -2.05. The van der Waals surface area contributed by atoms with Gasteiger partial charge in [0.15, 0.2) is 5.70 Å². The summed E-state index contributed by atoms with van der Waals surface area (Å²) in [6, 6.07) is 17.2. The van der Waals surface area contributed by atoms with Gasteiger partial charge in [-0.1, -0.05) is 38.1 Å². The first-order valence-electron chi connectivity index (χ1n) is 9.38. The van der Waals surface area contributed by atoms with Crippen molar-refractivity contribution in [2.45, 2.75) is 19.8 Å². The molecule has 2 aromatic carbocycles. The zero-order valence-corrected chi connectivity index (χ0v) is 16.4. The van der Waals surface area contributed by atoms with Gasteiger partial charge in [-0.2, -0.15) is 0 Å². The molecule has 0 spiro atoms. The van der Waals surface area contributed by atoms with E-state index in [2.05, 4.69) is 18.8 Å². The molecule has 30 heavy (non-hydrogen) atoms. The van der Waals surface area contributed by atoms with Crippen LogP contribution in [0.2, 0.25) is 0 Å². The Labute approximate surface area is 172 Å². The molecular formula is C23H18N2O5. The van der Waals surface area contributed by atoms with Crippen LogP contribution in [0.4, 0.5) is 5.69 Å². The molecule has 0 aliphatic carbocycles. The molecule has 0 fully saturated rings. The second-order valence-electron chi connectivity index (χ2n) is 7.12. The summed E-state index contributed by atoms with van der Waals surface area (Å²) in [5, 5.41) is 11.0. The molecule has 4 rings (SSSR count). The highest BCUT2D eigenvalue weighted by molar-refractivity contribution is 6.12. The minimum absolute atomic E-state index is 0.0269. The van der Waals surface area contributed by atoms with Gasteiger partial charge in [0.05, 0.1) is 4.92 Å². The molecule has 0 saturated carbocycles. The SMILES string of the molecule is CC(C)c1ccc(C2=N/C(=C\c3ccc(-c4cccc([N+](=O)[O-])c4)o3)C(=O)O2)cc1. The van der Waals surface area contributed by atoms with Gasteiger partial charge in [-0.05, 0) is 35.7 Å².